The molecule has 2 aromatic rings. The molecule has 0 bridgehead atoms. The molecule has 2 aromatic carbocycles. The van der Waals surface area contributed by atoms with Gasteiger partial charge in [0.25, 0.3) is 5.69 Å². The Kier molecular flexibility index (Phi) is 6.47. The summed E-state index contributed by atoms with van der Waals surface area (Å²) < 4.78 is 52.0. The molecular weight excluding hydrogens is 418 g/mol. The van der Waals surface area contributed by atoms with Crippen molar-refractivity contribution < 1.29 is 27.3 Å². The van der Waals surface area contributed by atoms with Gasteiger partial charge in [0.2, 0.25) is 5.91 Å². The number of halogens is 4. The summed E-state index contributed by atoms with van der Waals surface area (Å²) in [4.78, 5) is 24.6. The molecule has 166 valence electrons. The van der Waals surface area contributed by atoms with Crippen molar-refractivity contribution >= 4 is 17.3 Å². The highest BCUT2D eigenvalue weighted by atomic mass is 19.4. The molecule has 10 heteroatoms. The van der Waals surface area contributed by atoms with E-state index in [1.807, 2.05) is 0 Å². The number of carbonyl (C=O) groups excluding carboxylic acids is 1. The normalized spacial score (nSPS) is 15.1. The average Bonchev–Trinajstić information content (AvgIpc) is 2.73. The van der Waals surface area contributed by atoms with Gasteiger partial charge in [0.15, 0.2) is 0 Å². The van der Waals surface area contributed by atoms with Crippen molar-refractivity contribution in [1.82, 2.24) is 5.32 Å². The number of nitrogens with one attached hydrogen (secondary N) is 1. The van der Waals surface area contributed by atoms with Gasteiger partial charge in [0.05, 0.1) is 10.5 Å². The Morgan fingerprint density at radius 2 is 1.87 bits per heavy atom. The van der Waals surface area contributed by atoms with Gasteiger partial charge >= 0.3 is 6.18 Å². The third kappa shape index (κ3) is 5.31. The maximum Gasteiger partial charge on any atom is 0.416 e. The van der Waals surface area contributed by atoms with E-state index in [2.05, 4.69) is 5.32 Å². The number of anilines is 1. The summed E-state index contributed by atoms with van der Waals surface area (Å²) >= 11 is 0. The van der Waals surface area contributed by atoms with E-state index in [-0.39, 0.29) is 29.9 Å². The number of nitro benzene ring substituents is 1. The molecule has 1 aliphatic rings. The minimum absolute atomic E-state index is 0.110. The number of rotatable bonds is 5. The summed E-state index contributed by atoms with van der Waals surface area (Å²) in [6.07, 6.45) is -3.85. The van der Waals surface area contributed by atoms with Gasteiger partial charge in [-0.25, -0.2) is 4.39 Å². The molecule has 0 aliphatic carbocycles. The Morgan fingerprint density at radius 1 is 1.19 bits per heavy atom. The maximum atomic E-state index is 13.3. The van der Waals surface area contributed by atoms with Gasteiger partial charge in [-0.2, -0.15) is 13.2 Å². The highest BCUT2D eigenvalue weighted by molar-refractivity contribution is 5.79. The van der Waals surface area contributed by atoms with E-state index >= 15 is 0 Å². The third-order valence-electron chi connectivity index (χ3n) is 5.39. The Balaban J connectivity index is 1.61. The number of amides is 1. The molecule has 3 rings (SSSR count). The first-order valence-corrected chi connectivity index (χ1v) is 9.69. The zero-order valence-corrected chi connectivity index (χ0v) is 16.7. The summed E-state index contributed by atoms with van der Waals surface area (Å²) in [6.45, 7) is 2.50. The predicted octanol–water partition coefficient (Wildman–Crippen LogP) is 4.59. The number of piperidine rings is 1. The number of hydrogen-bond acceptors (Lipinski definition) is 4. The SMILES string of the molecule is Cc1cc(CNC(=O)C2CCN(c3ccc(C(F)(F)F)cc3[N+](=O)[O-])CC2)ccc1F. The lowest BCUT2D eigenvalue weighted by Crippen LogP contribution is -2.40. The molecular formula is C21H21F4N3O3. The fraction of sp³-hybridized carbons (Fsp3) is 0.381. The van der Waals surface area contributed by atoms with Crippen LogP contribution in [0, 0.1) is 28.8 Å². The molecule has 1 fully saturated rings. The number of aryl methyl sites for hydroxylation is 1. The molecule has 1 amide bonds. The Hall–Kier alpha value is -3.17. The van der Waals surface area contributed by atoms with E-state index in [1.54, 1.807) is 24.0 Å². The fourth-order valence-corrected chi connectivity index (χ4v) is 3.65. The summed E-state index contributed by atoms with van der Waals surface area (Å²) in [7, 11) is 0. The van der Waals surface area contributed by atoms with E-state index < -0.39 is 22.4 Å². The molecule has 1 aliphatic heterocycles. The van der Waals surface area contributed by atoms with Crippen LogP contribution in [0.15, 0.2) is 36.4 Å². The van der Waals surface area contributed by atoms with Gasteiger partial charge in [-0.1, -0.05) is 12.1 Å². The number of nitro groups is 1. The monoisotopic (exact) mass is 439 g/mol. The lowest BCUT2D eigenvalue weighted by Gasteiger charge is -2.32. The minimum atomic E-state index is -4.67. The largest absolute Gasteiger partial charge is 0.416 e. The summed E-state index contributed by atoms with van der Waals surface area (Å²) in [5, 5.41) is 14.1. The van der Waals surface area contributed by atoms with Crippen LogP contribution in [0.3, 0.4) is 0 Å². The van der Waals surface area contributed by atoms with Crippen LogP contribution >= 0.6 is 0 Å². The second-order valence-electron chi connectivity index (χ2n) is 7.52. The van der Waals surface area contributed by atoms with E-state index in [9.17, 15) is 32.5 Å². The molecule has 1 heterocycles. The first kappa shape index (κ1) is 22.5. The van der Waals surface area contributed by atoms with E-state index in [4.69, 9.17) is 0 Å². The van der Waals surface area contributed by atoms with Crippen LogP contribution in [-0.4, -0.2) is 23.9 Å². The Morgan fingerprint density at radius 3 is 2.45 bits per heavy atom. The Labute approximate surface area is 176 Å². The molecule has 0 aromatic heterocycles. The number of hydrogen-bond donors (Lipinski definition) is 1. The maximum absolute atomic E-state index is 13.3. The van der Waals surface area contributed by atoms with Crippen molar-refractivity contribution in [2.24, 2.45) is 5.92 Å². The van der Waals surface area contributed by atoms with E-state index in [0.29, 0.717) is 37.6 Å². The standard InChI is InChI=1S/C21H21F4N3O3/c1-13-10-14(2-4-17(13)22)12-26-20(29)15-6-8-27(9-7-15)18-5-3-16(21(23,24)25)11-19(18)28(30)31/h2-5,10-11,15H,6-9,12H2,1H3,(H,26,29). The van der Waals surface area contributed by atoms with Crippen molar-refractivity contribution in [1.29, 1.82) is 0 Å². The zero-order chi connectivity index (χ0) is 22.8. The predicted molar refractivity (Wildman–Crippen MR) is 106 cm³/mol. The second kappa shape index (κ2) is 8.91. The summed E-state index contributed by atoms with van der Waals surface area (Å²) in [5.41, 5.74) is -0.320. The van der Waals surface area contributed by atoms with Crippen LogP contribution in [0.4, 0.5) is 28.9 Å². The first-order chi connectivity index (χ1) is 14.6. The van der Waals surface area contributed by atoms with Gasteiger partial charge < -0.3 is 10.2 Å². The van der Waals surface area contributed by atoms with Crippen molar-refractivity contribution in [2.75, 3.05) is 18.0 Å². The molecule has 0 spiro atoms. The van der Waals surface area contributed by atoms with E-state index in [0.717, 1.165) is 17.7 Å². The van der Waals surface area contributed by atoms with Crippen molar-refractivity contribution in [2.45, 2.75) is 32.5 Å². The molecule has 31 heavy (non-hydrogen) atoms. The van der Waals surface area contributed by atoms with Crippen LogP contribution in [0.1, 0.15) is 29.5 Å². The molecule has 6 nitrogen and oxygen atoms in total. The average molecular weight is 439 g/mol. The fourth-order valence-electron chi connectivity index (χ4n) is 3.65. The van der Waals surface area contributed by atoms with Crippen molar-refractivity contribution in [3.8, 4) is 0 Å². The topological polar surface area (TPSA) is 75.5 Å². The van der Waals surface area contributed by atoms with E-state index in [1.165, 1.54) is 6.07 Å². The second-order valence-corrected chi connectivity index (χ2v) is 7.52. The van der Waals surface area contributed by atoms with Gasteiger partial charge in [0, 0.05) is 31.6 Å². The van der Waals surface area contributed by atoms with Crippen molar-refractivity contribution in [3.05, 3.63) is 69.0 Å². The lowest BCUT2D eigenvalue weighted by atomic mass is 9.95. The third-order valence-corrected chi connectivity index (χ3v) is 5.39. The molecule has 1 N–H and O–H groups in total. The highest BCUT2D eigenvalue weighted by Crippen LogP contribution is 2.37. The van der Waals surface area contributed by atoms with Gasteiger partial charge in [0.1, 0.15) is 11.5 Å². The number of benzene rings is 2. The van der Waals surface area contributed by atoms with Crippen LogP contribution in [-0.2, 0) is 17.5 Å². The van der Waals surface area contributed by atoms with Gasteiger partial charge in [-0.15, -0.1) is 0 Å². The number of alkyl halides is 3. The lowest BCUT2D eigenvalue weighted by molar-refractivity contribution is -0.384. The van der Waals surface area contributed by atoms with Gasteiger partial charge in [-0.05, 0) is 49.1 Å². The highest BCUT2D eigenvalue weighted by Gasteiger charge is 2.34. The molecule has 0 unspecified atom stereocenters. The number of carbonyl (C=O) groups is 1. The van der Waals surface area contributed by atoms with Crippen LogP contribution in [0.25, 0.3) is 0 Å². The first-order valence-electron chi connectivity index (χ1n) is 9.69. The molecule has 0 saturated carbocycles. The van der Waals surface area contributed by atoms with Gasteiger partial charge in [-0.3, -0.25) is 14.9 Å². The molecule has 1 saturated heterocycles. The molecule has 0 atom stereocenters. The smallest absolute Gasteiger partial charge is 0.366 e. The number of nitrogens with zero attached hydrogens (tertiary/aromatic N) is 2. The van der Waals surface area contributed by atoms with Crippen LogP contribution in [0.5, 0.6) is 0 Å². The Bertz CT molecular complexity index is 986. The van der Waals surface area contributed by atoms with Crippen molar-refractivity contribution in [3.63, 3.8) is 0 Å². The molecule has 0 radical (unpaired) electrons. The zero-order valence-electron chi connectivity index (χ0n) is 16.7. The minimum Gasteiger partial charge on any atom is -0.366 e. The summed E-state index contributed by atoms with van der Waals surface area (Å²) in [6, 6.07) is 7.06. The van der Waals surface area contributed by atoms with Crippen LogP contribution in [0.2, 0.25) is 0 Å². The quantitative estimate of drug-likeness (QED) is 0.420. The summed E-state index contributed by atoms with van der Waals surface area (Å²) in [5.74, 6) is -0.811. The van der Waals surface area contributed by atoms with Crippen LogP contribution < -0.4 is 10.2 Å².